The van der Waals surface area contributed by atoms with Crippen LogP contribution in [0.25, 0.3) is 0 Å². The average molecular weight is 251 g/mol. The van der Waals surface area contributed by atoms with Crippen molar-refractivity contribution in [3.63, 3.8) is 0 Å². The summed E-state index contributed by atoms with van der Waals surface area (Å²) in [7, 11) is 2.44. The number of nitrogens with zero attached hydrogens (tertiary/aromatic N) is 2. The van der Waals surface area contributed by atoms with Crippen LogP contribution in [0.15, 0.2) is 0 Å². The topological polar surface area (TPSA) is 45.2 Å². The van der Waals surface area contributed by atoms with Crippen molar-refractivity contribution in [1.29, 1.82) is 0 Å². The number of pyridine rings is 1. The molecule has 0 aliphatic carbocycles. The van der Waals surface area contributed by atoms with Crippen LogP contribution in [0, 0.1) is 23.5 Å². The summed E-state index contributed by atoms with van der Waals surface area (Å²) in [6.07, 6.45) is 0. The average Bonchev–Trinajstić information content (AvgIpc) is 2.26. The van der Waals surface area contributed by atoms with E-state index in [2.05, 4.69) is 10.3 Å². The first-order chi connectivity index (χ1) is 7.88. The summed E-state index contributed by atoms with van der Waals surface area (Å²) in [6, 6.07) is 0. The van der Waals surface area contributed by atoms with Crippen molar-refractivity contribution < 1.29 is 22.4 Å². The standard InChI is InChI=1S/C9H9F4N3O/c1-14-4(17)3-16(2)7-5(10)8(12)15-9(13)6(7)11/h3H2,1-2H3,(H,14,17). The summed E-state index contributed by atoms with van der Waals surface area (Å²) in [5.74, 6) is -7.38. The minimum absolute atomic E-state index is 0.451. The minimum Gasteiger partial charge on any atom is -0.360 e. The second kappa shape index (κ2) is 4.98. The van der Waals surface area contributed by atoms with Gasteiger partial charge in [0.15, 0.2) is 0 Å². The van der Waals surface area contributed by atoms with Crippen LogP contribution in [-0.4, -0.2) is 31.5 Å². The van der Waals surface area contributed by atoms with Crippen LogP contribution in [0.5, 0.6) is 0 Å². The maximum atomic E-state index is 13.2. The third-order valence-electron chi connectivity index (χ3n) is 2.02. The van der Waals surface area contributed by atoms with Crippen LogP contribution in [0.4, 0.5) is 23.2 Å². The Hall–Kier alpha value is -1.86. The molecule has 0 saturated carbocycles. The molecule has 0 saturated heterocycles. The number of halogens is 4. The molecule has 1 aromatic rings. The minimum atomic E-state index is -1.76. The van der Waals surface area contributed by atoms with Crippen molar-refractivity contribution in [3.8, 4) is 0 Å². The molecule has 0 fully saturated rings. The maximum absolute atomic E-state index is 13.2. The lowest BCUT2D eigenvalue weighted by Gasteiger charge is -2.19. The van der Waals surface area contributed by atoms with E-state index in [-0.39, 0.29) is 0 Å². The molecule has 1 rings (SSSR count). The first-order valence-electron chi connectivity index (χ1n) is 4.50. The van der Waals surface area contributed by atoms with E-state index in [1.54, 1.807) is 0 Å². The van der Waals surface area contributed by atoms with E-state index in [0.717, 1.165) is 11.9 Å². The lowest BCUT2D eigenvalue weighted by molar-refractivity contribution is -0.119. The fourth-order valence-electron chi connectivity index (χ4n) is 1.18. The van der Waals surface area contributed by atoms with Crippen LogP contribution in [-0.2, 0) is 4.79 Å². The van der Waals surface area contributed by atoms with Crippen molar-refractivity contribution in [2.75, 3.05) is 25.5 Å². The second-order valence-electron chi connectivity index (χ2n) is 3.20. The van der Waals surface area contributed by atoms with Gasteiger partial charge in [-0.2, -0.15) is 22.5 Å². The number of hydrogen-bond donors (Lipinski definition) is 1. The second-order valence-corrected chi connectivity index (χ2v) is 3.20. The van der Waals surface area contributed by atoms with Crippen molar-refractivity contribution in [3.05, 3.63) is 23.5 Å². The Balaban J connectivity index is 3.16. The van der Waals surface area contributed by atoms with E-state index in [0.29, 0.717) is 0 Å². The van der Waals surface area contributed by atoms with E-state index in [4.69, 9.17) is 0 Å². The molecule has 17 heavy (non-hydrogen) atoms. The van der Waals surface area contributed by atoms with E-state index in [1.165, 1.54) is 7.05 Å². The predicted octanol–water partition coefficient (Wildman–Crippen LogP) is 0.820. The molecule has 0 bridgehead atoms. The molecule has 0 aliphatic heterocycles. The zero-order valence-corrected chi connectivity index (χ0v) is 9.02. The number of nitrogens with one attached hydrogen (secondary N) is 1. The number of anilines is 1. The third-order valence-corrected chi connectivity index (χ3v) is 2.02. The molecule has 1 aromatic heterocycles. The third kappa shape index (κ3) is 2.63. The molecule has 1 heterocycles. The molecular weight excluding hydrogens is 242 g/mol. The number of hydrogen-bond acceptors (Lipinski definition) is 3. The Bertz CT molecular complexity index is 426. The fraction of sp³-hybridized carbons (Fsp3) is 0.333. The molecule has 94 valence electrons. The zero-order chi connectivity index (χ0) is 13.2. The highest BCUT2D eigenvalue weighted by Gasteiger charge is 2.24. The molecule has 0 aliphatic rings. The van der Waals surface area contributed by atoms with Gasteiger partial charge in [0.25, 0.3) is 11.9 Å². The van der Waals surface area contributed by atoms with Gasteiger partial charge in [0.2, 0.25) is 17.5 Å². The van der Waals surface area contributed by atoms with Gasteiger partial charge in [-0.15, -0.1) is 0 Å². The summed E-state index contributed by atoms with van der Waals surface area (Å²) in [5, 5.41) is 2.21. The van der Waals surface area contributed by atoms with E-state index in [1.807, 2.05) is 0 Å². The Labute approximate surface area is 94.2 Å². The number of likely N-dealkylation sites (N-methyl/N-ethyl adjacent to an activating group) is 2. The highest BCUT2D eigenvalue weighted by atomic mass is 19.2. The van der Waals surface area contributed by atoms with Gasteiger partial charge in [-0.1, -0.05) is 0 Å². The molecule has 1 amide bonds. The van der Waals surface area contributed by atoms with Crippen LogP contribution >= 0.6 is 0 Å². The van der Waals surface area contributed by atoms with Crippen LogP contribution in [0.2, 0.25) is 0 Å². The van der Waals surface area contributed by atoms with Crippen molar-refractivity contribution in [2.45, 2.75) is 0 Å². The smallest absolute Gasteiger partial charge is 0.253 e. The van der Waals surface area contributed by atoms with Gasteiger partial charge in [-0.3, -0.25) is 4.79 Å². The van der Waals surface area contributed by atoms with Gasteiger partial charge >= 0.3 is 0 Å². The van der Waals surface area contributed by atoms with Crippen LogP contribution in [0.1, 0.15) is 0 Å². The molecule has 0 atom stereocenters. The van der Waals surface area contributed by atoms with Crippen molar-refractivity contribution in [2.24, 2.45) is 0 Å². The summed E-state index contributed by atoms with van der Waals surface area (Å²) in [6.45, 7) is -0.451. The summed E-state index contributed by atoms with van der Waals surface area (Å²) >= 11 is 0. The number of rotatable bonds is 3. The van der Waals surface area contributed by atoms with Crippen molar-refractivity contribution in [1.82, 2.24) is 10.3 Å². The largest absolute Gasteiger partial charge is 0.360 e. The Morgan fingerprint density at radius 2 is 1.71 bits per heavy atom. The molecular formula is C9H9F4N3O. The Morgan fingerprint density at radius 1 is 1.24 bits per heavy atom. The van der Waals surface area contributed by atoms with Gasteiger partial charge in [0.1, 0.15) is 5.69 Å². The molecule has 0 aromatic carbocycles. The SMILES string of the molecule is CNC(=O)CN(C)c1c(F)c(F)nc(F)c1F. The summed E-state index contributed by atoms with van der Waals surface area (Å²) in [4.78, 5) is 14.1. The Kier molecular flexibility index (Phi) is 3.87. The lowest BCUT2D eigenvalue weighted by Crippen LogP contribution is -2.34. The van der Waals surface area contributed by atoms with Gasteiger partial charge in [0, 0.05) is 14.1 Å². The zero-order valence-electron chi connectivity index (χ0n) is 9.02. The molecule has 8 heteroatoms. The quantitative estimate of drug-likeness (QED) is 0.639. The van der Waals surface area contributed by atoms with E-state index >= 15 is 0 Å². The van der Waals surface area contributed by atoms with E-state index in [9.17, 15) is 22.4 Å². The van der Waals surface area contributed by atoms with Crippen LogP contribution in [0.3, 0.4) is 0 Å². The number of carbonyl (C=O) groups is 1. The monoisotopic (exact) mass is 251 g/mol. The number of aromatic nitrogens is 1. The highest BCUT2D eigenvalue weighted by molar-refractivity contribution is 5.80. The Morgan fingerprint density at radius 3 is 2.12 bits per heavy atom. The van der Waals surface area contributed by atoms with Gasteiger partial charge < -0.3 is 10.2 Å². The highest BCUT2D eigenvalue weighted by Crippen LogP contribution is 2.24. The van der Waals surface area contributed by atoms with Crippen LogP contribution < -0.4 is 10.2 Å². The molecule has 0 unspecified atom stereocenters. The number of amides is 1. The molecule has 0 radical (unpaired) electrons. The number of carbonyl (C=O) groups excluding carboxylic acids is 1. The lowest BCUT2D eigenvalue weighted by atomic mass is 10.3. The van der Waals surface area contributed by atoms with Crippen molar-refractivity contribution >= 4 is 11.6 Å². The first-order valence-corrected chi connectivity index (χ1v) is 4.50. The van der Waals surface area contributed by atoms with Gasteiger partial charge in [-0.25, -0.2) is 0 Å². The molecule has 4 nitrogen and oxygen atoms in total. The molecule has 0 spiro atoms. The maximum Gasteiger partial charge on any atom is 0.253 e. The predicted molar refractivity (Wildman–Crippen MR) is 51.4 cm³/mol. The first kappa shape index (κ1) is 13.2. The normalized spacial score (nSPS) is 10.2. The summed E-state index contributed by atoms with van der Waals surface area (Å²) in [5.41, 5.74) is -0.974. The summed E-state index contributed by atoms with van der Waals surface area (Å²) < 4.78 is 52.0. The molecule has 1 N–H and O–H groups in total. The van der Waals surface area contributed by atoms with Gasteiger partial charge in [-0.05, 0) is 0 Å². The fourth-order valence-corrected chi connectivity index (χ4v) is 1.18. The van der Waals surface area contributed by atoms with E-state index < -0.39 is 41.7 Å². The van der Waals surface area contributed by atoms with Gasteiger partial charge in [0.05, 0.1) is 6.54 Å².